The molecule has 4 heteroatoms. The summed E-state index contributed by atoms with van der Waals surface area (Å²) in [5.74, 6) is 0.291. The molecular weight excluding hydrogens is 192 g/mol. The van der Waals surface area contributed by atoms with E-state index in [1.165, 1.54) is 0 Å². The highest BCUT2D eigenvalue weighted by molar-refractivity contribution is 5.76. The number of nitrogens with one attached hydrogen (secondary N) is 1. The summed E-state index contributed by atoms with van der Waals surface area (Å²) in [6.45, 7) is 5.50. The zero-order chi connectivity index (χ0) is 11.1. The molecule has 0 aromatic heterocycles. The second-order valence-electron chi connectivity index (χ2n) is 4.14. The first-order valence-electron chi connectivity index (χ1n) is 5.74. The molecule has 0 saturated carbocycles. The molecule has 1 amide bonds. The van der Waals surface area contributed by atoms with Gasteiger partial charge < -0.3 is 15.0 Å². The Hall–Kier alpha value is -0.610. The molecule has 0 aromatic rings. The summed E-state index contributed by atoms with van der Waals surface area (Å²) in [6.07, 6.45) is 2.57. The molecule has 1 N–H and O–H groups in total. The molecule has 1 rings (SSSR count). The maximum atomic E-state index is 11.8. The zero-order valence-corrected chi connectivity index (χ0v) is 9.79. The molecule has 0 radical (unpaired) electrons. The van der Waals surface area contributed by atoms with Crippen LogP contribution in [0.3, 0.4) is 0 Å². The Morgan fingerprint density at radius 2 is 2.33 bits per heavy atom. The smallest absolute Gasteiger partial charge is 0.222 e. The van der Waals surface area contributed by atoms with Crippen molar-refractivity contribution in [3.05, 3.63) is 0 Å². The van der Waals surface area contributed by atoms with Crippen molar-refractivity contribution < 1.29 is 9.53 Å². The van der Waals surface area contributed by atoms with Gasteiger partial charge >= 0.3 is 0 Å². The van der Waals surface area contributed by atoms with Crippen LogP contribution < -0.4 is 5.32 Å². The summed E-state index contributed by atoms with van der Waals surface area (Å²) in [7, 11) is 1.69. The van der Waals surface area contributed by atoms with Gasteiger partial charge in [-0.3, -0.25) is 4.79 Å². The lowest BCUT2D eigenvalue weighted by Gasteiger charge is -2.32. The molecule has 0 spiro atoms. The summed E-state index contributed by atoms with van der Waals surface area (Å²) < 4.78 is 4.95. The molecule has 1 heterocycles. The second kappa shape index (κ2) is 6.80. The predicted molar refractivity (Wildman–Crippen MR) is 59.8 cm³/mol. The quantitative estimate of drug-likeness (QED) is 0.682. The Bertz CT molecular complexity index is 197. The largest absolute Gasteiger partial charge is 0.385 e. The van der Waals surface area contributed by atoms with Gasteiger partial charge in [0.25, 0.3) is 0 Å². The van der Waals surface area contributed by atoms with Gasteiger partial charge in [-0.2, -0.15) is 0 Å². The molecule has 0 aliphatic carbocycles. The average Bonchev–Trinajstić information content (AvgIpc) is 2.24. The van der Waals surface area contributed by atoms with E-state index in [-0.39, 0.29) is 0 Å². The molecule has 15 heavy (non-hydrogen) atoms. The van der Waals surface area contributed by atoms with Gasteiger partial charge in [0.15, 0.2) is 0 Å². The van der Waals surface area contributed by atoms with E-state index in [1.807, 2.05) is 4.90 Å². The van der Waals surface area contributed by atoms with Crippen LogP contribution >= 0.6 is 0 Å². The highest BCUT2D eigenvalue weighted by Crippen LogP contribution is 2.04. The third kappa shape index (κ3) is 4.62. The fourth-order valence-corrected chi connectivity index (χ4v) is 1.84. The molecule has 1 saturated heterocycles. The van der Waals surface area contributed by atoms with Gasteiger partial charge in [0.1, 0.15) is 0 Å². The minimum atomic E-state index is 0.291. The van der Waals surface area contributed by atoms with Crippen molar-refractivity contribution >= 4 is 5.91 Å². The van der Waals surface area contributed by atoms with Crippen LogP contribution in [0.4, 0.5) is 0 Å². The molecule has 88 valence electrons. The van der Waals surface area contributed by atoms with Crippen molar-refractivity contribution in [2.45, 2.75) is 32.2 Å². The number of methoxy groups -OCH3 is 1. The van der Waals surface area contributed by atoms with Crippen LogP contribution in [0.5, 0.6) is 0 Å². The van der Waals surface area contributed by atoms with Crippen LogP contribution in [-0.2, 0) is 9.53 Å². The van der Waals surface area contributed by atoms with Gasteiger partial charge in [0.05, 0.1) is 0 Å². The highest BCUT2D eigenvalue weighted by atomic mass is 16.5. The molecule has 1 aliphatic heterocycles. The first kappa shape index (κ1) is 12.5. The lowest BCUT2D eigenvalue weighted by atomic mass is 10.2. The van der Waals surface area contributed by atoms with Crippen molar-refractivity contribution in [2.75, 3.05) is 33.4 Å². The van der Waals surface area contributed by atoms with E-state index in [0.717, 1.165) is 39.1 Å². The molecule has 1 atom stereocenters. The van der Waals surface area contributed by atoms with E-state index in [0.29, 0.717) is 18.4 Å². The third-order valence-corrected chi connectivity index (χ3v) is 2.71. The number of unbranched alkanes of at least 4 members (excludes halogenated alkanes) is 1. The first-order chi connectivity index (χ1) is 7.24. The summed E-state index contributed by atoms with van der Waals surface area (Å²) in [4.78, 5) is 13.7. The highest BCUT2D eigenvalue weighted by Gasteiger charge is 2.19. The van der Waals surface area contributed by atoms with Crippen molar-refractivity contribution in [3.63, 3.8) is 0 Å². The van der Waals surface area contributed by atoms with Gasteiger partial charge in [-0.1, -0.05) is 0 Å². The monoisotopic (exact) mass is 214 g/mol. The Kier molecular flexibility index (Phi) is 5.65. The number of nitrogens with zero attached hydrogens (tertiary/aromatic N) is 1. The summed E-state index contributed by atoms with van der Waals surface area (Å²) >= 11 is 0. The molecule has 0 bridgehead atoms. The van der Waals surface area contributed by atoms with Crippen molar-refractivity contribution in [1.29, 1.82) is 0 Å². The van der Waals surface area contributed by atoms with Crippen LogP contribution in [0.2, 0.25) is 0 Å². The van der Waals surface area contributed by atoms with Crippen LogP contribution in [0.25, 0.3) is 0 Å². The number of carbonyl (C=O) groups excluding carboxylic acids is 1. The lowest BCUT2D eigenvalue weighted by molar-refractivity contribution is -0.132. The van der Waals surface area contributed by atoms with Crippen molar-refractivity contribution in [3.8, 4) is 0 Å². The second-order valence-corrected chi connectivity index (χ2v) is 4.14. The van der Waals surface area contributed by atoms with Crippen LogP contribution in [-0.4, -0.2) is 50.2 Å². The van der Waals surface area contributed by atoms with Crippen LogP contribution in [0.1, 0.15) is 26.2 Å². The normalized spacial score (nSPS) is 21.7. The number of piperazine rings is 1. The average molecular weight is 214 g/mol. The maximum Gasteiger partial charge on any atom is 0.222 e. The first-order valence-corrected chi connectivity index (χ1v) is 5.74. The standard InChI is InChI=1S/C11H22N2O2/c1-10-9-13(7-6-12-10)11(14)5-3-4-8-15-2/h10,12H,3-9H2,1-2H3. The Morgan fingerprint density at radius 3 is 3.00 bits per heavy atom. The number of hydrogen-bond acceptors (Lipinski definition) is 3. The molecule has 1 fully saturated rings. The van der Waals surface area contributed by atoms with Crippen LogP contribution in [0, 0.1) is 0 Å². The molecule has 0 aromatic carbocycles. The van der Waals surface area contributed by atoms with E-state index in [4.69, 9.17) is 4.74 Å². The van der Waals surface area contributed by atoms with Gasteiger partial charge in [-0.05, 0) is 19.8 Å². The maximum absolute atomic E-state index is 11.8. The van der Waals surface area contributed by atoms with E-state index in [1.54, 1.807) is 7.11 Å². The Morgan fingerprint density at radius 1 is 1.53 bits per heavy atom. The van der Waals surface area contributed by atoms with E-state index >= 15 is 0 Å². The minimum Gasteiger partial charge on any atom is -0.385 e. The number of rotatable bonds is 5. The van der Waals surface area contributed by atoms with Crippen molar-refractivity contribution in [1.82, 2.24) is 10.2 Å². The number of hydrogen-bond donors (Lipinski definition) is 1. The zero-order valence-electron chi connectivity index (χ0n) is 9.79. The Balaban J connectivity index is 2.15. The summed E-state index contributed by atoms with van der Waals surface area (Å²) in [6, 6.07) is 0.432. The number of ether oxygens (including phenoxy) is 1. The Labute approximate surface area is 92.0 Å². The topological polar surface area (TPSA) is 41.6 Å². The molecular formula is C11H22N2O2. The lowest BCUT2D eigenvalue weighted by Crippen LogP contribution is -2.51. The molecule has 1 aliphatic rings. The van der Waals surface area contributed by atoms with Gasteiger partial charge in [-0.25, -0.2) is 0 Å². The number of carbonyl (C=O) groups is 1. The van der Waals surface area contributed by atoms with Gasteiger partial charge in [-0.15, -0.1) is 0 Å². The SMILES string of the molecule is COCCCCC(=O)N1CCNC(C)C1. The fraction of sp³-hybridized carbons (Fsp3) is 0.909. The van der Waals surface area contributed by atoms with Gasteiger partial charge in [0.2, 0.25) is 5.91 Å². The van der Waals surface area contributed by atoms with Gasteiger partial charge in [0, 0.05) is 45.8 Å². The summed E-state index contributed by atoms with van der Waals surface area (Å²) in [5.41, 5.74) is 0. The van der Waals surface area contributed by atoms with E-state index in [2.05, 4.69) is 12.2 Å². The van der Waals surface area contributed by atoms with E-state index < -0.39 is 0 Å². The third-order valence-electron chi connectivity index (χ3n) is 2.71. The number of amides is 1. The fourth-order valence-electron chi connectivity index (χ4n) is 1.84. The summed E-state index contributed by atoms with van der Waals surface area (Å²) in [5, 5.41) is 3.33. The predicted octanol–water partition coefficient (Wildman–Crippen LogP) is 0.623. The minimum absolute atomic E-state index is 0.291. The molecule has 1 unspecified atom stereocenters. The van der Waals surface area contributed by atoms with Crippen LogP contribution in [0.15, 0.2) is 0 Å². The molecule has 4 nitrogen and oxygen atoms in total. The van der Waals surface area contributed by atoms with Crippen molar-refractivity contribution in [2.24, 2.45) is 0 Å². The van der Waals surface area contributed by atoms with E-state index in [9.17, 15) is 4.79 Å².